The highest BCUT2D eigenvalue weighted by Crippen LogP contribution is 2.50. The maximum Gasteiger partial charge on any atom is 0.256 e. The lowest BCUT2D eigenvalue weighted by Crippen LogP contribution is -2.45. The van der Waals surface area contributed by atoms with E-state index in [1.165, 1.54) is 0 Å². The smallest absolute Gasteiger partial charge is 0.256 e. The number of nitrogens with zero attached hydrogens (tertiary/aromatic N) is 3. The molecule has 4 heterocycles. The van der Waals surface area contributed by atoms with Gasteiger partial charge in [-0.25, -0.2) is 8.78 Å². The van der Waals surface area contributed by atoms with E-state index >= 15 is 0 Å². The monoisotopic (exact) mass is 467 g/mol. The number of amides is 1. The molecule has 1 aromatic heterocycles. The highest BCUT2D eigenvalue weighted by molar-refractivity contribution is 5.99. The third-order valence-corrected chi connectivity index (χ3v) is 6.99. The molecule has 0 spiro atoms. The van der Waals surface area contributed by atoms with E-state index in [2.05, 4.69) is 10.2 Å². The molecule has 3 N–H and O–H groups in total. The number of aromatic nitrogens is 1. The Morgan fingerprint density at radius 1 is 1.21 bits per heavy atom. The van der Waals surface area contributed by atoms with E-state index in [1.807, 2.05) is 36.4 Å². The summed E-state index contributed by atoms with van der Waals surface area (Å²) in [7, 11) is 0. The molecule has 2 atom stereocenters. The van der Waals surface area contributed by atoms with E-state index in [9.17, 15) is 13.6 Å². The summed E-state index contributed by atoms with van der Waals surface area (Å²) in [6.07, 6.45) is -0.992. The first-order chi connectivity index (χ1) is 16.5. The minimum atomic E-state index is -2.47. The Morgan fingerprint density at radius 2 is 2.06 bits per heavy atom. The van der Waals surface area contributed by atoms with Gasteiger partial charge >= 0.3 is 0 Å². The predicted octanol–water partition coefficient (Wildman–Crippen LogP) is 3.79. The number of ether oxygens (including phenoxy) is 1. The van der Waals surface area contributed by atoms with E-state index in [4.69, 9.17) is 10.5 Å². The number of hydrogen-bond donors (Lipinski definition) is 2. The number of nitrogens with one attached hydrogen (secondary N) is 1. The van der Waals surface area contributed by atoms with Gasteiger partial charge in [-0.1, -0.05) is 18.2 Å². The van der Waals surface area contributed by atoms with Gasteiger partial charge in [0, 0.05) is 35.6 Å². The summed E-state index contributed by atoms with van der Waals surface area (Å²) in [6.45, 7) is 1.92. The van der Waals surface area contributed by atoms with Crippen LogP contribution in [0.25, 0.3) is 10.9 Å². The number of para-hydroxylation sites is 1. The molecule has 0 bridgehead atoms. The van der Waals surface area contributed by atoms with Crippen LogP contribution in [-0.4, -0.2) is 54.1 Å². The number of piperidine rings is 1. The van der Waals surface area contributed by atoms with Gasteiger partial charge in [-0.2, -0.15) is 0 Å². The zero-order valence-electron chi connectivity index (χ0n) is 18.7. The number of rotatable bonds is 4. The number of fused-ring (bicyclic) bond motifs is 1. The zero-order chi connectivity index (χ0) is 23.4. The first-order valence-electron chi connectivity index (χ1n) is 11.7. The standard InChI is InChI=1S/C25H27F2N5O2/c26-22(27)14-32-19-6-2-1-4-15(19)11-20(32)24-29-18-10-16(12-21-23(18)31(24)8-9-34-21)25(33)30-7-3-5-17(28)13-30/h1-2,4,6,10-12,17,22,24,29H,3,5,7-9,13-14,28H2/t17?,24-/m1/s1. The maximum absolute atomic E-state index is 13.5. The molecule has 0 aliphatic carbocycles. The van der Waals surface area contributed by atoms with Crippen LogP contribution in [0.3, 0.4) is 0 Å². The van der Waals surface area contributed by atoms with E-state index in [0.717, 1.165) is 40.8 Å². The van der Waals surface area contributed by atoms with Crippen LogP contribution >= 0.6 is 0 Å². The quantitative estimate of drug-likeness (QED) is 0.611. The fourth-order valence-electron chi connectivity index (χ4n) is 5.51. The van der Waals surface area contributed by atoms with Gasteiger partial charge in [0.1, 0.15) is 24.2 Å². The Bertz CT molecular complexity index is 1260. The van der Waals surface area contributed by atoms with Crippen LogP contribution in [0.5, 0.6) is 5.75 Å². The molecule has 3 aromatic rings. The van der Waals surface area contributed by atoms with E-state index in [1.54, 1.807) is 15.5 Å². The summed E-state index contributed by atoms with van der Waals surface area (Å²) < 4.78 is 34.7. The summed E-state index contributed by atoms with van der Waals surface area (Å²) in [6, 6.07) is 13.2. The minimum absolute atomic E-state index is 0.00326. The number of carbonyl (C=O) groups is 1. The lowest BCUT2D eigenvalue weighted by atomic mass is 10.0. The van der Waals surface area contributed by atoms with Crippen molar-refractivity contribution in [1.29, 1.82) is 0 Å². The van der Waals surface area contributed by atoms with Crippen molar-refractivity contribution < 1.29 is 18.3 Å². The van der Waals surface area contributed by atoms with Crippen LogP contribution in [0.1, 0.15) is 35.1 Å². The van der Waals surface area contributed by atoms with E-state index in [0.29, 0.717) is 37.6 Å². The normalized spacial score (nSPS) is 21.5. The van der Waals surface area contributed by atoms with Gasteiger partial charge in [0.2, 0.25) is 0 Å². The van der Waals surface area contributed by atoms with Crippen molar-refractivity contribution >= 4 is 28.2 Å². The Morgan fingerprint density at radius 3 is 2.88 bits per heavy atom. The molecule has 0 saturated carbocycles. The second-order valence-corrected chi connectivity index (χ2v) is 9.24. The third-order valence-electron chi connectivity index (χ3n) is 6.99. The molecule has 3 aliphatic rings. The Hall–Kier alpha value is -3.33. The molecule has 1 saturated heterocycles. The molecule has 9 heteroatoms. The van der Waals surface area contributed by atoms with E-state index in [-0.39, 0.29) is 24.7 Å². The third kappa shape index (κ3) is 3.46. The van der Waals surface area contributed by atoms with Crippen LogP contribution in [0, 0.1) is 0 Å². The van der Waals surface area contributed by atoms with Crippen LogP contribution in [0.4, 0.5) is 20.2 Å². The molecule has 2 aromatic carbocycles. The zero-order valence-corrected chi connectivity index (χ0v) is 18.7. The number of likely N-dealkylation sites (tertiary alicyclic amines) is 1. The summed E-state index contributed by atoms with van der Waals surface area (Å²) in [5.41, 5.74) is 9.83. The van der Waals surface area contributed by atoms with Gasteiger partial charge in [-0.05, 0) is 37.1 Å². The first-order valence-corrected chi connectivity index (χ1v) is 11.7. The molecule has 0 radical (unpaired) electrons. The highest BCUT2D eigenvalue weighted by Gasteiger charge is 2.38. The maximum atomic E-state index is 13.5. The van der Waals surface area contributed by atoms with Gasteiger partial charge < -0.3 is 30.2 Å². The molecular weight excluding hydrogens is 440 g/mol. The van der Waals surface area contributed by atoms with Crippen LogP contribution in [-0.2, 0) is 6.54 Å². The van der Waals surface area contributed by atoms with Crippen LogP contribution in [0.2, 0.25) is 0 Å². The number of halogens is 2. The summed E-state index contributed by atoms with van der Waals surface area (Å²) >= 11 is 0. The largest absolute Gasteiger partial charge is 0.489 e. The molecule has 34 heavy (non-hydrogen) atoms. The van der Waals surface area contributed by atoms with Crippen molar-refractivity contribution in [3.63, 3.8) is 0 Å². The van der Waals surface area contributed by atoms with Gasteiger partial charge in [0.05, 0.1) is 24.5 Å². The molecule has 1 unspecified atom stereocenters. The number of carbonyl (C=O) groups excluding carboxylic acids is 1. The average molecular weight is 468 g/mol. The van der Waals surface area contributed by atoms with Crippen molar-refractivity contribution in [2.75, 3.05) is 36.5 Å². The van der Waals surface area contributed by atoms with E-state index < -0.39 is 6.43 Å². The molecule has 3 aliphatic heterocycles. The van der Waals surface area contributed by atoms with Gasteiger partial charge in [0.15, 0.2) is 0 Å². The minimum Gasteiger partial charge on any atom is -0.489 e. The van der Waals surface area contributed by atoms with Gasteiger partial charge in [-0.3, -0.25) is 4.79 Å². The first kappa shape index (κ1) is 21.2. The van der Waals surface area contributed by atoms with Crippen molar-refractivity contribution in [3.05, 3.63) is 53.7 Å². The summed E-state index contributed by atoms with van der Waals surface area (Å²) in [5, 5.41) is 4.42. The van der Waals surface area contributed by atoms with Gasteiger partial charge in [0.25, 0.3) is 12.3 Å². The molecular formula is C25H27F2N5O2. The second kappa shape index (κ2) is 8.16. The number of anilines is 2. The molecule has 6 rings (SSSR count). The SMILES string of the molecule is NC1CCCN(C(=O)c2cc3c4c(c2)OCCN4[C@H](c2cc4ccccc4n2CC(F)F)N3)C1. The van der Waals surface area contributed by atoms with Crippen molar-refractivity contribution in [2.24, 2.45) is 5.73 Å². The van der Waals surface area contributed by atoms with Crippen molar-refractivity contribution in [2.45, 2.75) is 38.0 Å². The molecule has 1 fully saturated rings. The number of hydrogen-bond acceptors (Lipinski definition) is 5. The highest BCUT2D eigenvalue weighted by atomic mass is 19.3. The molecule has 178 valence electrons. The predicted molar refractivity (Wildman–Crippen MR) is 127 cm³/mol. The van der Waals surface area contributed by atoms with Crippen molar-refractivity contribution in [3.8, 4) is 5.75 Å². The lowest BCUT2D eigenvalue weighted by Gasteiger charge is -2.33. The topological polar surface area (TPSA) is 75.8 Å². The Balaban J connectivity index is 1.39. The van der Waals surface area contributed by atoms with Crippen LogP contribution in [0.15, 0.2) is 42.5 Å². The fraction of sp³-hybridized carbons (Fsp3) is 0.400. The number of benzene rings is 2. The molecule has 1 amide bonds. The molecule has 7 nitrogen and oxygen atoms in total. The van der Waals surface area contributed by atoms with Gasteiger partial charge in [-0.15, -0.1) is 0 Å². The Kier molecular flexibility index (Phi) is 5.09. The Labute approximate surface area is 196 Å². The number of alkyl halides is 2. The van der Waals surface area contributed by atoms with Crippen LogP contribution < -0.4 is 20.7 Å². The number of nitrogens with two attached hydrogens (primary N) is 1. The summed E-state index contributed by atoms with van der Waals surface area (Å²) in [5.74, 6) is 0.576. The fourth-order valence-corrected chi connectivity index (χ4v) is 5.51. The summed E-state index contributed by atoms with van der Waals surface area (Å²) in [4.78, 5) is 17.2. The average Bonchev–Trinajstić information content (AvgIpc) is 3.38. The lowest BCUT2D eigenvalue weighted by molar-refractivity contribution is 0.0708. The second-order valence-electron chi connectivity index (χ2n) is 9.24. The van der Waals surface area contributed by atoms with Crippen molar-refractivity contribution in [1.82, 2.24) is 9.47 Å².